The number of hydrogen-bond donors (Lipinski definition) is 0. The highest BCUT2D eigenvalue weighted by atomic mass is 19.1. The Labute approximate surface area is 179 Å². The molecule has 0 amide bonds. The fourth-order valence-corrected chi connectivity index (χ4v) is 4.10. The van der Waals surface area contributed by atoms with Gasteiger partial charge in [0.05, 0.1) is 0 Å². The third-order valence-corrected chi connectivity index (χ3v) is 5.85. The van der Waals surface area contributed by atoms with Crippen LogP contribution in [0.4, 0.5) is 4.39 Å². The zero-order chi connectivity index (χ0) is 20.6. The molecular weight excluding hydrogens is 371 g/mol. The van der Waals surface area contributed by atoms with E-state index in [-0.39, 0.29) is 11.7 Å². The highest BCUT2D eigenvalue weighted by Crippen LogP contribution is 2.26. The van der Waals surface area contributed by atoms with Crippen molar-refractivity contribution in [2.24, 2.45) is 0 Å². The molecule has 30 heavy (non-hydrogen) atoms. The van der Waals surface area contributed by atoms with Crippen LogP contribution in [-0.4, -0.2) is 49.1 Å². The summed E-state index contributed by atoms with van der Waals surface area (Å²) in [4.78, 5) is 5.05. The summed E-state index contributed by atoms with van der Waals surface area (Å²) in [5.74, 6) is 0.0825. The van der Waals surface area contributed by atoms with Crippen LogP contribution >= 0.6 is 0 Å². The van der Waals surface area contributed by atoms with Gasteiger partial charge < -0.3 is 0 Å². The van der Waals surface area contributed by atoms with Crippen LogP contribution in [0.15, 0.2) is 91.0 Å². The van der Waals surface area contributed by atoms with E-state index in [0.29, 0.717) is 0 Å². The van der Waals surface area contributed by atoms with E-state index in [1.807, 2.05) is 24.3 Å². The lowest BCUT2D eigenvalue weighted by molar-refractivity contribution is 0.139. The topological polar surface area (TPSA) is 6.48 Å². The molecule has 4 rings (SSSR count). The van der Waals surface area contributed by atoms with Crippen LogP contribution in [0.3, 0.4) is 0 Å². The fourth-order valence-electron chi connectivity index (χ4n) is 4.10. The van der Waals surface area contributed by atoms with Crippen LogP contribution in [0.5, 0.6) is 0 Å². The van der Waals surface area contributed by atoms with E-state index in [1.54, 1.807) is 12.1 Å². The number of benzene rings is 3. The summed E-state index contributed by atoms with van der Waals surface area (Å²) in [6, 6.07) is 28.0. The molecule has 1 atom stereocenters. The Hall–Kier alpha value is -2.75. The molecule has 1 saturated heterocycles. The first-order valence-corrected chi connectivity index (χ1v) is 10.7. The van der Waals surface area contributed by atoms with Crippen molar-refractivity contribution >= 4 is 6.08 Å². The van der Waals surface area contributed by atoms with Crippen LogP contribution in [0.2, 0.25) is 0 Å². The molecule has 0 spiro atoms. The molecule has 3 aromatic rings. The molecular formula is C27H29FN2. The van der Waals surface area contributed by atoms with Gasteiger partial charge in [0.2, 0.25) is 0 Å². The average molecular weight is 401 g/mol. The summed E-state index contributed by atoms with van der Waals surface area (Å²) in [6.45, 7) is 6.22. The largest absolute Gasteiger partial charge is 0.300 e. The zero-order valence-corrected chi connectivity index (χ0v) is 17.3. The number of nitrogens with zero attached hydrogens (tertiary/aromatic N) is 2. The summed E-state index contributed by atoms with van der Waals surface area (Å²) in [5, 5.41) is 0. The number of hydrogen-bond acceptors (Lipinski definition) is 2. The van der Waals surface area contributed by atoms with Crippen molar-refractivity contribution < 1.29 is 4.39 Å². The highest BCUT2D eigenvalue weighted by Gasteiger charge is 2.22. The van der Waals surface area contributed by atoms with E-state index in [2.05, 4.69) is 70.5 Å². The lowest BCUT2D eigenvalue weighted by atomic mass is 9.90. The molecule has 1 aliphatic heterocycles. The maximum Gasteiger partial charge on any atom is 0.123 e. The SMILES string of the molecule is Fc1ccc(C(CN2CCN(C/C=C/c3ccccc3)CC2)c2ccccc2)cc1. The predicted octanol–water partition coefficient (Wildman–Crippen LogP) is 5.29. The molecule has 1 heterocycles. The van der Waals surface area contributed by atoms with Crippen molar-refractivity contribution in [3.8, 4) is 0 Å². The second-order valence-corrected chi connectivity index (χ2v) is 7.93. The van der Waals surface area contributed by atoms with Crippen molar-refractivity contribution in [3.63, 3.8) is 0 Å². The minimum atomic E-state index is -0.178. The zero-order valence-electron chi connectivity index (χ0n) is 17.3. The summed E-state index contributed by atoms with van der Waals surface area (Å²) < 4.78 is 13.4. The Kier molecular flexibility index (Phi) is 7.07. The first kappa shape index (κ1) is 20.5. The molecule has 3 heteroatoms. The maximum atomic E-state index is 13.4. The Morgan fingerprint density at radius 2 is 1.27 bits per heavy atom. The summed E-state index contributed by atoms with van der Waals surface area (Å²) in [7, 11) is 0. The van der Waals surface area contributed by atoms with Crippen molar-refractivity contribution in [1.29, 1.82) is 0 Å². The van der Waals surface area contributed by atoms with Crippen molar-refractivity contribution in [3.05, 3.63) is 114 Å². The van der Waals surface area contributed by atoms with Crippen LogP contribution < -0.4 is 0 Å². The standard InChI is InChI=1S/C27H29FN2/c28-26-15-13-25(14-16-26)27(24-11-5-2-6-12-24)22-30-20-18-29(19-21-30)17-7-10-23-8-3-1-4-9-23/h1-16,27H,17-22H2/b10-7+. The van der Waals surface area contributed by atoms with Crippen LogP contribution in [0.1, 0.15) is 22.6 Å². The fraction of sp³-hybridized carbons (Fsp3) is 0.259. The predicted molar refractivity (Wildman–Crippen MR) is 123 cm³/mol. The summed E-state index contributed by atoms with van der Waals surface area (Å²) >= 11 is 0. The molecule has 1 unspecified atom stereocenters. The van der Waals surface area contributed by atoms with E-state index in [4.69, 9.17) is 0 Å². The smallest absolute Gasteiger partial charge is 0.123 e. The van der Waals surface area contributed by atoms with E-state index in [9.17, 15) is 4.39 Å². The molecule has 1 aliphatic rings. The molecule has 0 radical (unpaired) electrons. The second-order valence-electron chi connectivity index (χ2n) is 7.93. The maximum absolute atomic E-state index is 13.4. The summed E-state index contributed by atoms with van der Waals surface area (Å²) in [6.07, 6.45) is 4.46. The quantitative estimate of drug-likeness (QED) is 0.532. The molecule has 3 aromatic carbocycles. The number of halogens is 1. The van der Waals surface area contributed by atoms with Gasteiger partial charge in [-0.1, -0.05) is 84.9 Å². The van der Waals surface area contributed by atoms with Crippen molar-refractivity contribution in [1.82, 2.24) is 9.80 Å². The Balaban J connectivity index is 1.35. The van der Waals surface area contributed by atoms with Gasteiger partial charge >= 0.3 is 0 Å². The van der Waals surface area contributed by atoms with E-state index in [0.717, 1.165) is 39.3 Å². The van der Waals surface area contributed by atoms with Gasteiger partial charge in [-0.2, -0.15) is 0 Å². The van der Waals surface area contributed by atoms with Crippen LogP contribution in [0, 0.1) is 5.82 Å². The molecule has 0 saturated carbocycles. The molecule has 2 nitrogen and oxygen atoms in total. The second kappa shape index (κ2) is 10.3. The van der Waals surface area contributed by atoms with Gasteiger partial charge in [0, 0.05) is 45.2 Å². The minimum absolute atomic E-state index is 0.178. The normalized spacial score (nSPS) is 16.7. The van der Waals surface area contributed by atoms with Gasteiger partial charge in [0.1, 0.15) is 5.82 Å². The van der Waals surface area contributed by atoms with Crippen molar-refractivity contribution in [2.75, 3.05) is 39.3 Å². The summed E-state index contributed by atoms with van der Waals surface area (Å²) in [5.41, 5.74) is 3.72. The van der Waals surface area contributed by atoms with Crippen LogP contribution in [-0.2, 0) is 0 Å². The third kappa shape index (κ3) is 5.65. The molecule has 0 aliphatic carbocycles. The van der Waals surface area contributed by atoms with Crippen LogP contribution in [0.25, 0.3) is 6.08 Å². The monoisotopic (exact) mass is 400 g/mol. The first-order valence-electron chi connectivity index (χ1n) is 10.7. The van der Waals surface area contributed by atoms with Gasteiger partial charge in [-0.15, -0.1) is 0 Å². The molecule has 0 aromatic heterocycles. The van der Waals surface area contributed by atoms with Gasteiger partial charge in [-0.25, -0.2) is 4.39 Å². The minimum Gasteiger partial charge on any atom is -0.300 e. The van der Waals surface area contributed by atoms with Gasteiger partial charge in [0.25, 0.3) is 0 Å². The van der Waals surface area contributed by atoms with E-state index < -0.39 is 0 Å². The third-order valence-electron chi connectivity index (χ3n) is 5.85. The molecule has 154 valence electrons. The Morgan fingerprint density at radius 3 is 1.93 bits per heavy atom. The van der Waals surface area contributed by atoms with Gasteiger partial charge in [-0.05, 0) is 28.8 Å². The lowest BCUT2D eigenvalue weighted by Gasteiger charge is -2.36. The van der Waals surface area contributed by atoms with E-state index >= 15 is 0 Å². The highest BCUT2D eigenvalue weighted by molar-refractivity contribution is 5.48. The average Bonchev–Trinajstić information content (AvgIpc) is 2.80. The molecule has 0 N–H and O–H groups in total. The Bertz CT molecular complexity index is 914. The van der Waals surface area contributed by atoms with Gasteiger partial charge in [-0.3, -0.25) is 9.80 Å². The molecule has 1 fully saturated rings. The van der Waals surface area contributed by atoms with Crippen molar-refractivity contribution in [2.45, 2.75) is 5.92 Å². The Morgan fingerprint density at radius 1 is 0.700 bits per heavy atom. The van der Waals surface area contributed by atoms with Gasteiger partial charge in [0.15, 0.2) is 0 Å². The first-order chi connectivity index (χ1) is 14.8. The number of piperazine rings is 1. The number of rotatable bonds is 7. The van der Waals surface area contributed by atoms with E-state index in [1.165, 1.54) is 16.7 Å². The lowest BCUT2D eigenvalue weighted by Crippen LogP contribution is -2.47. The molecule has 0 bridgehead atoms.